The lowest BCUT2D eigenvalue weighted by atomic mass is 9.79. The zero-order valence-electron chi connectivity index (χ0n) is 27.4. The molecule has 250 valence electrons. The number of halogens is 2. The van der Waals surface area contributed by atoms with E-state index in [1.54, 1.807) is 0 Å². The van der Waals surface area contributed by atoms with Crippen molar-refractivity contribution in [2.45, 2.75) is 81.8 Å². The highest BCUT2D eigenvalue weighted by atomic mass is 19.1. The third kappa shape index (κ3) is 5.64. The number of allylic oxidation sites excluding steroid dienone is 2. The molecule has 2 aliphatic carbocycles. The van der Waals surface area contributed by atoms with Gasteiger partial charge in [-0.2, -0.15) is 10.5 Å². The lowest BCUT2D eigenvalue weighted by Gasteiger charge is -2.46. The van der Waals surface area contributed by atoms with E-state index < -0.39 is 29.7 Å². The average molecular weight is 653 g/mol. The molecule has 3 atom stereocenters. The lowest BCUT2D eigenvalue weighted by molar-refractivity contribution is -0.133. The highest BCUT2D eigenvalue weighted by Crippen LogP contribution is 2.45. The molecule has 1 aromatic carbocycles. The molecule has 0 spiro atoms. The Morgan fingerprint density at radius 2 is 1.88 bits per heavy atom. The van der Waals surface area contributed by atoms with E-state index in [0.717, 1.165) is 75.7 Å². The second kappa shape index (κ2) is 13.3. The number of fused-ring (bicyclic) bond motifs is 3. The Kier molecular flexibility index (Phi) is 8.96. The van der Waals surface area contributed by atoms with E-state index in [-0.39, 0.29) is 37.3 Å². The maximum Gasteiger partial charge on any atom is 0.282 e. The van der Waals surface area contributed by atoms with Gasteiger partial charge in [0.05, 0.1) is 36.6 Å². The first-order valence-corrected chi connectivity index (χ1v) is 17.4. The fourth-order valence-corrected chi connectivity index (χ4v) is 9.06. The van der Waals surface area contributed by atoms with E-state index in [0.29, 0.717) is 30.2 Å². The minimum Gasteiger partial charge on any atom is -0.476 e. The number of carbonyl (C=O) groups excluding carboxylic acids is 1. The number of amides is 1. The largest absolute Gasteiger partial charge is 0.476 e. The SMILES string of the molecule is C=C(F)C(=O)N1CCN(C2=C(CC#N)C(OCC34CCCN3CCC4)=NC3C(F)=C(c4cccc5c4CCCC5)C=CC23)C[C@@H]1CC#N. The van der Waals surface area contributed by atoms with Crippen molar-refractivity contribution in [2.75, 3.05) is 39.3 Å². The van der Waals surface area contributed by atoms with Gasteiger partial charge < -0.3 is 14.5 Å². The topological polar surface area (TPSA) is 96.0 Å². The van der Waals surface area contributed by atoms with Crippen LogP contribution >= 0.6 is 0 Å². The molecule has 6 aliphatic rings. The summed E-state index contributed by atoms with van der Waals surface area (Å²) >= 11 is 0. The van der Waals surface area contributed by atoms with Gasteiger partial charge in [-0.3, -0.25) is 9.69 Å². The number of dihydropyridines is 1. The van der Waals surface area contributed by atoms with Crippen molar-refractivity contribution in [1.29, 1.82) is 10.5 Å². The first-order chi connectivity index (χ1) is 23.3. The van der Waals surface area contributed by atoms with Crippen LogP contribution in [0.5, 0.6) is 0 Å². The maximum absolute atomic E-state index is 17.1. The molecule has 8 nitrogen and oxygen atoms in total. The summed E-state index contributed by atoms with van der Waals surface area (Å²) in [6.45, 7) is 6.38. The summed E-state index contributed by atoms with van der Waals surface area (Å²) in [7, 11) is 0. The van der Waals surface area contributed by atoms with Gasteiger partial charge in [0, 0.05) is 42.4 Å². The van der Waals surface area contributed by atoms with E-state index in [9.17, 15) is 19.7 Å². The molecule has 10 heteroatoms. The van der Waals surface area contributed by atoms with Crippen molar-refractivity contribution < 1.29 is 18.3 Å². The zero-order valence-corrected chi connectivity index (χ0v) is 27.4. The van der Waals surface area contributed by atoms with Crippen molar-refractivity contribution in [3.63, 3.8) is 0 Å². The molecule has 1 amide bonds. The second-order valence-corrected chi connectivity index (χ2v) is 13.9. The first kappa shape index (κ1) is 32.3. The molecule has 3 saturated heterocycles. The second-order valence-electron chi connectivity index (χ2n) is 13.9. The van der Waals surface area contributed by atoms with Crippen LogP contribution in [0.1, 0.15) is 68.1 Å². The van der Waals surface area contributed by atoms with Gasteiger partial charge in [0.1, 0.15) is 18.5 Å². The summed E-state index contributed by atoms with van der Waals surface area (Å²) in [5.74, 6) is -2.44. The van der Waals surface area contributed by atoms with Crippen LogP contribution in [-0.2, 0) is 22.4 Å². The molecule has 7 rings (SSSR count). The van der Waals surface area contributed by atoms with Gasteiger partial charge in [0.2, 0.25) is 5.90 Å². The van der Waals surface area contributed by atoms with Crippen LogP contribution in [0.3, 0.4) is 0 Å². The Bertz CT molecular complexity index is 1700. The van der Waals surface area contributed by atoms with E-state index in [4.69, 9.17) is 9.73 Å². The van der Waals surface area contributed by atoms with Crippen LogP contribution in [-0.4, -0.2) is 83.5 Å². The van der Waals surface area contributed by atoms with Gasteiger partial charge in [-0.05, 0) is 81.1 Å². The Balaban J connectivity index is 1.29. The normalized spacial score (nSPS) is 26.3. The number of nitriles is 2. The number of nitrogens with zero attached hydrogens (tertiary/aromatic N) is 6. The van der Waals surface area contributed by atoms with Gasteiger partial charge in [-0.15, -0.1) is 0 Å². The number of carbonyl (C=O) groups is 1. The fraction of sp³-hybridized carbons (Fsp3) is 0.526. The summed E-state index contributed by atoms with van der Waals surface area (Å²) in [5.41, 5.74) is 5.18. The number of hydrogen-bond donors (Lipinski definition) is 0. The third-order valence-corrected chi connectivity index (χ3v) is 11.3. The number of rotatable bonds is 7. The zero-order chi connectivity index (χ0) is 33.4. The van der Waals surface area contributed by atoms with Crippen molar-refractivity contribution in [1.82, 2.24) is 14.7 Å². The molecule has 0 saturated carbocycles. The number of aliphatic imine (C=N–C) groups is 1. The van der Waals surface area contributed by atoms with Gasteiger partial charge in [0.25, 0.3) is 5.91 Å². The fourth-order valence-electron chi connectivity index (χ4n) is 9.06. The van der Waals surface area contributed by atoms with Crippen molar-refractivity contribution in [2.24, 2.45) is 10.9 Å². The number of hydrogen-bond acceptors (Lipinski definition) is 7. The van der Waals surface area contributed by atoms with E-state index in [1.165, 1.54) is 16.0 Å². The molecule has 0 bridgehead atoms. The quantitative estimate of drug-likeness (QED) is 0.339. The third-order valence-electron chi connectivity index (χ3n) is 11.3. The summed E-state index contributed by atoms with van der Waals surface area (Å²) in [4.78, 5) is 23.6. The van der Waals surface area contributed by atoms with E-state index in [1.807, 2.05) is 29.2 Å². The predicted molar refractivity (Wildman–Crippen MR) is 178 cm³/mol. The highest BCUT2D eigenvalue weighted by Gasteiger charge is 2.47. The van der Waals surface area contributed by atoms with Crippen LogP contribution in [0.2, 0.25) is 0 Å². The number of aryl methyl sites for hydroxylation is 1. The van der Waals surface area contributed by atoms with Crippen LogP contribution in [0, 0.1) is 28.6 Å². The van der Waals surface area contributed by atoms with Crippen LogP contribution < -0.4 is 0 Å². The molecule has 2 unspecified atom stereocenters. The summed E-state index contributed by atoms with van der Waals surface area (Å²) in [5, 5.41) is 19.7. The average Bonchev–Trinajstić information content (AvgIpc) is 3.68. The molecule has 1 aromatic rings. The van der Waals surface area contributed by atoms with Crippen molar-refractivity contribution in [3.8, 4) is 12.1 Å². The highest BCUT2D eigenvalue weighted by molar-refractivity contribution is 5.97. The Hall–Kier alpha value is -4.28. The van der Waals surface area contributed by atoms with E-state index >= 15 is 4.39 Å². The lowest BCUT2D eigenvalue weighted by Crippen LogP contribution is -2.56. The Morgan fingerprint density at radius 3 is 2.62 bits per heavy atom. The first-order valence-electron chi connectivity index (χ1n) is 17.4. The maximum atomic E-state index is 17.1. The van der Waals surface area contributed by atoms with Crippen LogP contribution in [0.4, 0.5) is 8.78 Å². The van der Waals surface area contributed by atoms with Gasteiger partial charge in [0.15, 0.2) is 5.83 Å². The van der Waals surface area contributed by atoms with Crippen LogP contribution in [0.15, 0.2) is 64.8 Å². The molecular formula is C38H42F2N6O2. The molecular weight excluding hydrogens is 610 g/mol. The molecule has 0 radical (unpaired) electrons. The Morgan fingerprint density at radius 1 is 1.08 bits per heavy atom. The van der Waals surface area contributed by atoms with Gasteiger partial charge >= 0.3 is 0 Å². The minimum atomic E-state index is -1.07. The van der Waals surface area contributed by atoms with Crippen molar-refractivity contribution in [3.05, 3.63) is 76.5 Å². The van der Waals surface area contributed by atoms with Crippen LogP contribution in [0.25, 0.3) is 5.57 Å². The predicted octanol–water partition coefficient (Wildman–Crippen LogP) is 5.94. The smallest absolute Gasteiger partial charge is 0.282 e. The van der Waals surface area contributed by atoms with Crippen molar-refractivity contribution >= 4 is 17.4 Å². The molecule has 3 fully saturated rings. The molecule has 0 N–H and O–H groups in total. The molecule has 0 aromatic heterocycles. The molecule has 4 aliphatic heterocycles. The molecule has 4 heterocycles. The minimum absolute atomic E-state index is 0.00630. The number of ether oxygens (including phenoxy) is 1. The summed E-state index contributed by atoms with van der Waals surface area (Å²) < 4.78 is 37.7. The summed E-state index contributed by atoms with van der Waals surface area (Å²) in [6.07, 6.45) is 12.2. The summed E-state index contributed by atoms with van der Waals surface area (Å²) in [6, 6.07) is 9.09. The van der Waals surface area contributed by atoms with Gasteiger partial charge in [-0.25, -0.2) is 13.8 Å². The molecule has 48 heavy (non-hydrogen) atoms. The van der Waals surface area contributed by atoms with E-state index in [2.05, 4.69) is 29.7 Å². The monoisotopic (exact) mass is 652 g/mol. The Labute approximate surface area is 281 Å². The number of benzene rings is 1. The van der Waals surface area contributed by atoms with Gasteiger partial charge in [-0.1, -0.05) is 36.9 Å². The standard InChI is InChI=1S/C38H42F2N6O2/c1-25(39)37(47)46-22-21-44(23-27(46)13-17-41)35-31-12-11-30(29-10-4-8-26-7-2-3-9-28(26)29)33(40)34(31)43-36(32(35)14-18-42)48-24-38-15-5-19-45(38)20-6-16-38/h4,8,10-12,27,31,34H,1-3,5-7,9,13-16,19-24H2/t27-,31?,34?/m0/s1. The number of piperazine rings is 1.